The Kier molecular flexibility index (Phi) is 4.05. The largest absolute Gasteiger partial charge is 0.495 e. The molecule has 14 heavy (non-hydrogen) atoms. The lowest BCUT2D eigenvalue weighted by Crippen LogP contribution is -2.21. The third-order valence-corrected chi connectivity index (χ3v) is 2.18. The molecule has 0 aliphatic rings. The number of rotatable bonds is 4. The lowest BCUT2D eigenvalue weighted by Gasteiger charge is -2.19. The highest BCUT2D eigenvalue weighted by Gasteiger charge is 2.01. The van der Waals surface area contributed by atoms with Crippen molar-refractivity contribution in [2.45, 2.75) is 13.8 Å². The highest BCUT2D eigenvalue weighted by molar-refractivity contribution is 5.50. The Bertz CT molecular complexity index is 288. The molecule has 0 bridgehead atoms. The fraction of sp³-hybridized carbons (Fsp3) is 0.333. The van der Waals surface area contributed by atoms with E-state index in [9.17, 15) is 5.11 Å². The van der Waals surface area contributed by atoms with Gasteiger partial charge in [-0.2, -0.15) is 0 Å². The molecular formula is C12H17NO. The molecule has 1 rings (SSSR count). The average Bonchev–Trinajstić information content (AvgIpc) is 2.21. The molecule has 0 atom stereocenters. The van der Waals surface area contributed by atoms with Crippen LogP contribution in [0.1, 0.15) is 19.4 Å². The van der Waals surface area contributed by atoms with Crippen molar-refractivity contribution in [1.29, 1.82) is 0 Å². The van der Waals surface area contributed by atoms with E-state index < -0.39 is 0 Å². The molecule has 2 nitrogen and oxygen atoms in total. The molecule has 0 heterocycles. The zero-order chi connectivity index (χ0) is 10.4. The number of aliphatic hydroxyl groups is 1. The summed E-state index contributed by atoms with van der Waals surface area (Å²) >= 11 is 0. The van der Waals surface area contributed by atoms with Crippen molar-refractivity contribution in [3.63, 3.8) is 0 Å². The van der Waals surface area contributed by atoms with Crippen LogP contribution in [-0.2, 0) is 0 Å². The van der Waals surface area contributed by atoms with E-state index in [0.717, 1.165) is 18.7 Å². The molecule has 0 saturated carbocycles. The van der Waals surface area contributed by atoms with Crippen LogP contribution in [0.2, 0.25) is 0 Å². The van der Waals surface area contributed by atoms with Crippen LogP contribution in [0.15, 0.2) is 36.2 Å². The second-order valence-corrected chi connectivity index (χ2v) is 3.09. The topological polar surface area (TPSA) is 23.5 Å². The third kappa shape index (κ3) is 2.80. The normalized spacial score (nSPS) is 11.4. The van der Waals surface area contributed by atoms with E-state index in [4.69, 9.17) is 0 Å². The maximum atomic E-state index is 9.75. The van der Waals surface area contributed by atoms with Gasteiger partial charge in [0.05, 0.1) is 0 Å². The summed E-state index contributed by atoms with van der Waals surface area (Å²) in [6.07, 6.45) is 1.78. The van der Waals surface area contributed by atoms with Gasteiger partial charge in [-0.15, -0.1) is 0 Å². The van der Waals surface area contributed by atoms with E-state index in [1.54, 1.807) is 6.08 Å². The first-order chi connectivity index (χ1) is 6.77. The Labute approximate surface area is 85.5 Å². The predicted molar refractivity (Wildman–Crippen MR) is 60.0 cm³/mol. The summed E-state index contributed by atoms with van der Waals surface area (Å²) in [6.45, 7) is 5.70. The van der Waals surface area contributed by atoms with Crippen LogP contribution in [0.3, 0.4) is 0 Å². The Morgan fingerprint density at radius 3 is 2.29 bits per heavy atom. The van der Waals surface area contributed by atoms with Gasteiger partial charge in [0, 0.05) is 19.2 Å². The summed E-state index contributed by atoms with van der Waals surface area (Å²) in [6, 6.07) is 9.83. The van der Waals surface area contributed by atoms with Crippen LogP contribution >= 0.6 is 0 Å². The van der Waals surface area contributed by atoms with Gasteiger partial charge in [-0.3, -0.25) is 0 Å². The fourth-order valence-electron chi connectivity index (χ4n) is 1.34. The van der Waals surface area contributed by atoms with Gasteiger partial charge in [0.15, 0.2) is 5.88 Å². The molecule has 0 amide bonds. The molecule has 0 aliphatic heterocycles. The highest BCUT2D eigenvalue weighted by atomic mass is 16.3. The molecule has 1 N–H and O–H groups in total. The van der Waals surface area contributed by atoms with Gasteiger partial charge in [-0.25, -0.2) is 0 Å². The first-order valence-corrected chi connectivity index (χ1v) is 4.98. The summed E-state index contributed by atoms with van der Waals surface area (Å²) in [7, 11) is 0. The van der Waals surface area contributed by atoms with Crippen molar-refractivity contribution >= 4 is 6.08 Å². The fourth-order valence-corrected chi connectivity index (χ4v) is 1.34. The lowest BCUT2D eigenvalue weighted by atomic mass is 10.2. The van der Waals surface area contributed by atoms with Crippen molar-refractivity contribution in [1.82, 2.24) is 4.90 Å². The average molecular weight is 191 g/mol. The Morgan fingerprint density at radius 2 is 1.79 bits per heavy atom. The van der Waals surface area contributed by atoms with Gasteiger partial charge >= 0.3 is 0 Å². The minimum absolute atomic E-state index is 0.334. The lowest BCUT2D eigenvalue weighted by molar-refractivity contribution is 0.221. The summed E-state index contributed by atoms with van der Waals surface area (Å²) < 4.78 is 0. The maximum Gasteiger partial charge on any atom is 0.187 e. The van der Waals surface area contributed by atoms with E-state index >= 15 is 0 Å². The minimum Gasteiger partial charge on any atom is -0.495 e. The van der Waals surface area contributed by atoms with Crippen LogP contribution < -0.4 is 0 Å². The predicted octanol–water partition coefficient (Wildman–Crippen LogP) is 2.88. The number of hydrogen-bond donors (Lipinski definition) is 1. The molecule has 0 unspecified atom stereocenters. The van der Waals surface area contributed by atoms with Gasteiger partial charge in [-0.05, 0) is 19.4 Å². The van der Waals surface area contributed by atoms with Crippen molar-refractivity contribution in [3.8, 4) is 0 Å². The summed E-state index contributed by atoms with van der Waals surface area (Å²) in [5, 5.41) is 9.75. The van der Waals surface area contributed by atoms with E-state index in [2.05, 4.69) is 0 Å². The van der Waals surface area contributed by atoms with Gasteiger partial charge in [-0.1, -0.05) is 30.3 Å². The van der Waals surface area contributed by atoms with Crippen LogP contribution in [0, 0.1) is 0 Å². The van der Waals surface area contributed by atoms with E-state index in [1.165, 1.54) is 0 Å². The van der Waals surface area contributed by atoms with Crippen LogP contribution in [-0.4, -0.2) is 23.1 Å². The van der Waals surface area contributed by atoms with Gasteiger partial charge in [0.2, 0.25) is 0 Å². The second kappa shape index (κ2) is 5.32. The highest BCUT2D eigenvalue weighted by Crippen LogP contribution is 2.07. The summed E-state index contributed by atoms with van der Waals surface area (Å²) in [4.78, 5) is 1.91. The van der Waals surface area contributed by atoms with Crippen molar-refractivity contribution in [2.75, 3.05) is 13.1 Å². The molecule has 1 aromatic rings. The van der Waals surface area contributed by atoms with Gasteiger partial charge in [0.25, 0.3) is 0 Å². The number of nitrogens with zero attached hydrogens (tertiary/aromatic N) is 1. The van der Waals surface area contributed by atoms with Crippen LogP contribution in [0.25, 0.3) is 6.08 Å². The van der Waals surface area contributed by atoms with E-state index in [-0.39, 0.29) is 0 Å². The molecule has 0 fully saturated rings. The Morgan fingerprint density at radius 1 is 1.21 bits per heavy atom. The molecule has 0 spiro atoms. The van der Waals surface area contributed by atoms with Crippen molar-refractivity contribution < 1.29 is 5.11 Å². The number of aliphatic hydroxyl groups excluding tert-OH is 1. The monoisotopic (exact) mass is 191 g/mol. The molecule has 0 aliphatic carbocycles. The third-order valence-electron chi connectivity index (χ3n) is 2.18. The molecule has 0 radical (unpaired) electrons. The van der Waals surface area contributed by atoms with E-state index in [1.807, 2.05) is 49.1 Å². The molecule has 0 aromatic heterocycles. The maximum absolute atomic E-state index is 9.75. The standard InChI is InChI=1S/C12H17NO/c1-3-13(4-2)12(14)10-11-8-6-5-7-9-11/h5-10,14H,3-4H2,1-2H3/b12-10+. The van der Waals surface area contributed by atoms with E-state index in [0.29, 0.717) is 5.88 Å². The van der Waals surface area contributed by atoms with Gasteiger partial charge < -0.3 is 10.0 Å². The molecule has 2 heteroatoms. The zero-order valence-electron chi connectivity index (χ0n) is 8.77. The zero-order valence-corrected chi connectivity index (χ0v) is 8.77. The number of benzene rings is 1. The number of hydrogen-bond acceptors (Lipinski definition) is 2. The van der Waals surface area contributed by atoms with Crippen LogP contribution in [0.5, 0.6) is 0 Å². The summed E-state index contributed by atoms with van der Waals surface area (Å²) in [5.74, 6) is 0.334. The van der Waals surface area contributed by atoms with Crippen molar-refractivity contribution in [2.24, 2.45) is 0 Å². The summed E-state index contributed by atoms with van der Waals surface area (Å²) in [5.41, 5.74) is 1.02. The molecule has 0 saturated heterocycles. The SMILES string of the molecule is CCN(CC)/C(O)=C\c1ccccc1. The van der Waals surface area contributed by atoms with Gasteiger partial charge in [0.1, 0.15) is 0 Å². The molecule has 1 aromatic carbocycles. The Hall–Kier alpha value is -1.44. The smallest absolute Gasteiger partial charge is 0.187 e. The first kappa shape index (κ1) is 10.6. The molecule has 76 valence electrons. The van der Waals surface area contributed by atoms with Crippen LogP contribution in [0.4, 0.5) is 0 Å². The Balaban J connectivity index is 2.77. The second-order valence-electron chi connectivity index (χ2n) is 3.09. The first-order valence-electron chi connectivity index (χ1n) is 4.98. The minimum atomic E-state index is 0.334. The molecular weight excluding hydrogens is 174 g/mol. The quantitative estimate of drug-likeness (QED) is 0.740. The van der Waals surface area contributed by atoms with Crippen molar-refractivity contribution in [3.05, 3.63) is 41.8 Å².